The molecular weight excluding hydrogens is 370 g/mol. The summed E-state index contributed by atoms with van der Waals surface area (Å²) in [4.78, 5) is 39.3. The van der Waals surface area contributed by atoms with Gasteiger partial charge in [0.15, 0.2) is 0 Å². The summed E-state index contributed by atoms with van der Waals surface area (Å²) in [7, 11) is 1.52. The Labute approximate surface area is 163 Å². The standard InChI is InChI=1S/C18H27N3O5S/c1-6-25-18(24)14-12(4)15(16(23)19-5)27-17(14)20-13(22)9-21-7-10(2)26-11(3)8-21/h10-11H,6-9H2,1-5H3,(H,19,23)(H,20,22)/t10-,11-/m1/s1. The Kier molecular flexibility index (Phi) is 7.34. The molecule has 1 aromatic rings. The van der Waals surface area contributed by atoms with Crippen LogP contribution in [0.15, 0.2) is 0 Å². The molecule has 27 heavy (non-hydrogen) atoms. The fourth-order valence-corrected chi connectivity index (χ4v) is 4.32. The van der Waals surface area contributed by atoms with Crippen molar-refractivity contribution in [3.63, 3.8) is 0 Å². The van der Waals surface area contributed by atoms with E-state index in [2.05, 4.69) is 10.6 Å². The number of ether oxygens (including phenoxy) is 2. The van der Waals surface area contributed by atoms with Gasteiger partial charge in [-0.1, -0.05) is 0 Å². The molecule has 0 unspecified atom stereocenters. The lowest BCUT2D eigenvalue weighted by molar-refractivity contribution is -0.121. The minimum absolute atomic E-state index is 0.0560. The molecule has 150 valence electrons. The summed E-state index contributed by atoms with van der Waals surface area (Å²) in [5, 5.41) is 5.67. The Morgan fingerprint density at radius 2 is 1.89 bits per heavy atom. The number of nitrogens with zero attached hydrogens (tertiary/aromatic N) is 1. The molecule has 0 aliphatic carbocycles. The Bertz CT molecular complexity index is 708. The molecule has 2 atom stereocenters. The van der Waals surface area contributed by atoms with Crippen LogP contribution in [0.5, 0.6) is 0 Å². The molecule has 2 heterocycles. The first-order valence-corrected chi connectivity index (χ1v) is 9.78. The highest BCUT2D eigenvalue weighted by molar-refractivity contribution is 7.18. The number of nitrogens with one attached hydrogen (secondary N) is 2. The van der Waals surface area contributed by atoms with Crippen molar-refractivity contribution >= 4 is 34.1 Å². The molecule has 1 saturated heterocycles. The van der Waals surface area contributed by atoms with Crippen LogP contribution in [-0.4, -0.2) is 68.2 Å². The third kappa shape index (κ3) is 5.27. The number of hydrogen-bond acceptors (Lipinski definition) is 7. The summed E-state index contributed by atoms with van der Waals surface area (Å²) < 4.78 is 10.8. The highest BCUT2D eigenvalue weighted by Gasteiger charge is 2.28. The Morgan fingerprint density at radius 1 is 1.26 bits per heavy atom. The van der Waals surface area contributed by atoms with Crippen LogP contribution in [0.3, 0.4) is 0 Å². The first-order chi connectivity index (χ1) is 12.8. The van der Waals surface area contributed by atoms with E-state index in [-0.39, 0.29) is 42.7 Å². The number of hydrogen-bond donors (Lipinski definition) is 2. The van der Waals surface area contributed by atoms with Crippen molar-refractivity contribution in [2.24, 2.45) is 0 Å². The van der Waals surface area contributed by atoms with Crippen LogP contribution in [0.1, 0.15) is 46.4 Å². The lowest BCUT2D eigenvalue weighted by atomic mass is 10.1. The summed E-state index contributed by atoms with van der Waals surface area (Å²) in [6.07, 6.45) is 0.112. The molecule has 0 aromatic carbocycles. The lowest BCUT2D eigenvalue weighted by Gasteiger charge is -2.34. The maximum atomic E-state index is 12.5. The number of esters is 1. The predicted octanol–water partition coefficient (Wildman–Crippen LogP) is 1.64. The Balaban J connectivity index is 2.19. The molecule has 2 amide bonds. The smallest absolute Gasteiger partial charge is 0.341 e. The first kappa shape index (κ1) is 21.3. The van der Waals surface area contributed by atoms with E-state index in [0.717, 1.165) is 11.3 Å². The molecule has 0 bridgehead atoms. The quantitative estimate of drug-likeness (QED) is 0.709. The molecule has 9 heteroatoms. The maximum absolute atomic E-state index is 12.5. The minimum atomic E-state index is -0.551. The minimum Gasteiger partial charge on any atom is -0.462 e. The van der Waals surface area contributed by atoms with Crippen LogP contribution in [0.4, 0.5) is 5.00 Å². The van der Waals surface area contributed by atoms with Crippen molar-refractivity contribution in [1.29, 1.82) is 0 Å². The van der Waals surface area contributed by atoms with Crippen LogP contribution in [-0.2, 0) is 14.3 Å². The third-order valence-corrected chi connectivity index (χ3v) is 5.38. The highest BCUT2D eigenvalue weighted by Crippen LogP contribution is 2.33. The van der Waals surface area contributed by atoms with Crippen LogP contribution in [0.2, 0.25) is 0 Å². The van der Waals surface area contributed by atoms with Crippen molar-refractivity contribution in [2.45, 2.75) is 39.9 Å². The maximum Gasteiger partial charge on any atom is 0.341 e. The topological polar surface area (TPSA) is 97.0 Å². The van der Waals surface area contributed by atoms with Gasteiger partial charge in [-0.05, 0) is 33.3 Å². The fraction of sp³-hybridized carbons (Fsp3) is 0.611. The van der Waals surface area contributed by atoms with Crippen LogP contribution in [0.25, 0.3) is 0 Å². The zero-order valence-electron chi connectivity index (χ0n) is 16.4. The van der Waals surface area contributed by atoms with Gasteiger partial charge in [0.2, 0.25) is 5.91 Å². The Hall–Kier alpha value is -1.97. The van der Waals surface area contributed by atoms with Gasteiger partial charge in [-0.25, -0.2) is 4.79 Å². The number of rotatable bonds is 6. The second-order valence-electron chi connectivity index (χ2n) is 6.56. The highest BCUT2D eigenvalue weighted by atomic mass is 32.1. The predicted molar refractivity (Wildman–Crippen MR) is 103 cm³/mol. The van der Waals surface area contributed by atoms with E-state index in [9.17, 15) is 14.4 Å². The summed E-state index contributed by atoms with van der Waals surface area (Å²) >= 11 is 1.08. The van der Waals surface area contributed by atoms with Crippen molar-refractivity contribution < 1.29 is 23.9 Å². The average Bonchev–Trinajstić information content (AvgIpc) is 2.89. The molecule has 0 radical (unpaired) electrons. The van der Waals surface area contributed by atoms with E-state index in [4.69, 9.17) is 9.47 Å². The normalized spacial score (nSPS) is 20.2. The number of thiophene rings is 1. The largest absolute Gasteiger partial charge is 0.462 e. The van der Waals surface area contributed by atoms with Gasteiger partial charge in [-0.3, -0.25) is 14.5 Å². The van der Waals surface area contributed by atoms with Gasteiger partial charge in [-0.2, -0.15) is 0 Å². The molecule has 0 saturated carbocycles. The van der Waals surface area contributed by atoms with Crippen LogP contribution < -0.4 is 10.6 Å². The number of anilines is 1. The molecule has 1 aliphatic heterocycles. The van der Waals surface area contributed by atoms with E-state index < -0.39 is 5.97 Å². The second-order valence-corrected chi connectivity index (χ2v) is 7.58. The molecule has 1 fully saturated rings. The summed E-state index contributed by atoms with van der Waals surface area (Å²) in [5.41, 5.74) is 0.735. The van der Waals surface area contributed by atoms with E-state index >= 15 is 0 Å². The monoisotopic (exact) mass is 397 g/mol. The van der Waals surface area contributed by atoms with Gasteiger partial charge in [-0.15, -0.1) is 11.3 Å². The molecule has 1 aliphatic rings. The van der Waals surface area contributed by atoms with Crippen LogP contribution in [0, 0.1) is 6.92 Å². The lowest BCUT2D eigenvalue weighted by Crippen LogP contribution is -2.48. The molecule has 2 N–H and O–H groups in total. The van der Waals surface area contributed by atoms with Gasteiger partial charge >= 0.3 is 5.97 Å². The SMILES string of the molecule is CCOC(=O)c1c(NC(=O)CN2C[C@@H](C)O[C@H](C)C2)sc(C(=O)NC)c1C. The van der Waals surface area contributed by atoms with Crippen molar-refractivity contribution in [2.75, 3.05) is 38.6 Å². The van der Waals surface area contributed by atoms with E-state index in [1.807, 2.05) is 18.7 Å². The van der Waals surface area contributed by atoms with Gasteiger partial charge < -0.3 is 20.1 Å². The van der Waals surface area contributed by atoms with E-state index in [1.54, 1.807) is 13.8 Å². The zero-order valence-corrected chi connectivity index (χ0v) is 17.2. The molecule has 2 rings (SSSR count). The van der Waals surface area contributed by atoms with Crippen LogP contribution >= 0.6 is 11.3 Å². The average molecular weight is 397 g/mol. The summed E-state index contributed by atoms with van der Waals surface area (Å²) in [6, 6.07) is 0. The van der Waals surface area contributed by atoms with Crippen molar-refractivity contribution in [3.05, 3.63) is 16.0 Å². The Morgan fingerprint density at radius 3 is 2.44 bits per heavy atom. The summed E-state index contributed by atoms with van der Waals surface area (Å²) in [5.74, 6) is -1.10. The van der Waals surface area contributed by atoms with Gasteiger partial charge in [0.05, 0.1) is 35.8 Å². The third-order valence-electron chi connectivity index (χ3n) is 4.18. The molecule has 8 nitrogen and oxygen atoms in total. The van der Waals surface area contributed by atoms with Gasteiger partial charge in [0.25, 0.3) is 5.91 Å². The van der Waals surface area contributed by atoms with Crippen molar-refractivity contribution in [3.8, 4) is 0 Å². The number of carbonyl (C=O) groups excluding carboxylic acids is 3. The van der Waals surface area contributed by atoms with Gasteiger partial charge in [0, 0.05) is 20.1 Å². The van der Waals surface area contributed by atoms with Crippen molar-refractivity contribution in [1.82, 2.24) is 10.2 Å². The fourth-order valence-electron chi connectivity index (χ4n) is 3.16. The second kappa shape index (κ2) is 9.29. The van der Waals surface area contributed by atoms with E-state index in [1.165, 1.54) is 7.05 Å². The molecule has 1 aromatic heterocycles. The molecular formula is C18H27N3O5S. The molecule has 0 spiro atoms. The number of carbonyl (C=O) groups is 3. The summed E-state index contributed by atoms with van der Waals surface area (Å²) in [6.45, 7) is 9.04. The van der Waals surface area contributed by atoms with E-state index in [0.29, 0.717) is 28.5 Å². The first-order valence-electron chi connectivity index (χ1n) is 8.97. The number of morpholine rings is 1. The zero-order chi connectivity index (χ0) is 20.1. The number of amides is 2. The van der Waals surface area contributed by atoms with Gasteiger partial charge in [0.1, 0.15) is 5.00 Å².